The van der Waals surface area contributed by atoms with E-state index in [1.165, 1.54) is 6.42 Å². The molecule has 68 valence electrons. The molecule has 1 spiro atoms. The first-order chi connectivity index (χ1) is 5.72. The Balaban J connectivity index is 1.98. The first kappa shape index (κ1) is 8.05. The van der Waals surface area contributed by atoms with E-state index in [2.05, 4.69) is 0 Å². The Labute approximate surface area is 72.7 Å². The van der Waals surface area contributed by atoms with Gasteiger partial charge in [0.1, 0.15) is 0 Å². The number of rotatable bonds is 0. The van der Waals surface area contributed by atoms with Gasteiger partial charge in [0.15, 0.2) is 0 Å². The summed E-state index contributed by atoms with van der Waals surface area (Å²) in [5.41, 5.74) is 0.337. The molecule has 0 aliphatic carbocycles. The summed E-state index contributed by atoms with van der Waals surface area (Å²) < 4.78 is 5.21. The fourth-order valence-corrected chi connectivity index (χ4v) is 2.10. The topological polar surface area (TPSA) is 29.5 Å². The average Bonchev–Trinajstić information content (AvgIpc) is 2.02. The number of hydrogen-bond donors (Lipinski definition) is 0. The van der Waals surface area contributed by atoms with Crippen LogP contribution in [-0.4, -0.2) is 37.1 Å². The summed E-state index contributed by atoms with van der Waals surface area (Å²) in [6.45, 7) is 5.23. The minimum Gasteiger partial charge on any atom is -0.380 e. The zero-order valence-corrected chi connectivity index (χ0v) is 7.51. The average molecular weight is 169 g/mol. The van der Waals surface area contributed by atoms with Crippen molar-refractivity contribution in [3.8, 4) is 0 Å². The Hall–Kier alpha value is -0.570. The van der Waals surface area contributed by atoms with Crippen LogP contribution in [0.15, 0.2) is 0 Å². The molecular formula is C9H15NO2. The number of carbonyl (C=O) groups excluding carboxylic acids is 1. The van der Waals surface area contributed by atoms with E-state index in [0.717, 1.165) is 32.7 Å². The second-order valence-electron chi connectivity index (χ2n) is 4.04. The van der Waals surface area contributed by atoms with Crippen molar-refractivity contribution in [3.63, 3.8) is 0 Å². The van der Waals surface area contributed by atoms with Gasteiger partial charge in [-0.3, -0.25) is 4.79 Å². The monoisotopic (exact) mass is 169 g/mol. The first-order valence-corrected chi connectivity index (χ1v) is 4.55. The maximum Gasteiger partial charge on any atom is 0.219 e. The number of nitrogens with zero attached hydrogens (tertiary/aromatic N) is 1. The zero-order valence-electron chi connectivity index (χ0n) is 7.51. The van der Waals surface area contributed by atoms with Crippen LogP contribution in [0.3, 0.4) is 0 Å². The van der Waals surface area contributed by atoms with E-state index in [1.54, 1.807) is 6.92 Å². The van der Waals surface area contributed by atoms with Crippen LogP contribution in [-0.2, 0) is 9.53 Å². The van der Waals surface area contributed by atoms with Gasteiger partial charge < -0.3 is 9.64 Å². The minimum absolute atomic E-state index is 0.209. The van der Waals surface area contributed by atoms with E-state index in [4.69, 9.17) is 4.74 Å². The van der Waals surface area contributed by atoms with Crippen LogP contribution >= 0.6 is 0 Å². The van der Waals surface area contributed by atoms with Crippen molar-refractivity contribution < 1.29 is 9.53 Å². The van der Waals surface area contributed by atoms with Crippen LogP contribution in [0, 0.1) is 5.41 Å². The number of piperidine rings is 1. The molecular weight excluding hydrogens is 154 g/mol. The fourth-order valence-electron chi connectivity index (χ4n) is 2.10. The molecule has 0 aromatic heterocycles. The minimum atomic E-state index is 0.209. The number of hydrogen-bond acceptors (Lipinski definition) is 2. The van der Waals surface area contributed by atoms with E-state index in [0.29, 0.717) is 5.41 Å². The number of likely N-dealkylation sites (tertiary alicyclic amines) is 1. The molecule has 3 heteroatoms. The number of ether oxygens (including phenoxy) is 1. The van der Waals surface area contributed by atoms with Crippen molar-refractivity contribution in [1.29, 1.82) is 0 Å². The van der Waals surface area contributed by atoms with E-state index < -0.39 is 0 Å². The van der Waals surface area contributed by atoms with Gasteiger partial charge in [0.2, 0.25) is 5.91 Å². The molecule has 0 atom stereocenters. The van der Waals surface area contributed by atoms with Crippen LogP contribution in [0.1, 0.15) is 19.8 Å². The third-order valence-electron chi connectivity index (χ3n) is 2.92. The number of amides is 1. The smallest absolute Gasteiger partial charge is 0.219 e. The van der Waals surface area contributed by atoms with Gasteiger partial charge in [0.25, 0.3) is 0 Å². The molecule has 0 radical (unpaired) electrons. The molecule has 0 N–H and O–H groups in total. The molecule has 0 bridgehead atoms. The van der Waals surface area contributed by atoms with E-state index in [1.807, 2.05) is 4.90 Å². The van der Waals surface area contributed by atoms with Crippen molar-refractivity contribution in [2.75, 3.05) is 26.3 Å². The van der Waals surface area contributed by atoms with Crippen LogP contribution in [0.2, 0.25) is 0 Å². The highest BCUT2D eigenvalue weighted by molar-refractivity contribution is 5.73. The van der Waals surface area contributed by atoms with Crippen LogP contribution < -0.4 is 0 Å². The van der Waals surface area contributed by atoms with Gasteiger partial charge in [-0.1, -0.05) is 0 Å². The maximum atomic E-state index is 11.1. The predicted octanol–water partition coefficient (Wildman–Crippen LogP) is 0.645. The standard InChI is InChI=1S/C9H15NO2/c1-8(11)10-4-2-3-9(5-10)6-12-7-9/h2-7H2,1H3. The van der Waals surface area contributed by atoms with E-state index in [-0.39, 0.29) is 5.91 Å². The Bertz CT molecular complexity index is 199. The van der Waals surface area contributed by atoms with Crippen molar-refractivity contribution in [2.45, 2.75) is 19.8 Å². The van der Waals surface area contributed by atoms with Crippen molar-refractivity contribution in [2.24, 2.45) is 5.41 Å². The summed E-state index contributed by atoms with van der Waals surface area (Å²) in [7, 11) is 0. The lowest BCUT2D eigenvalue weighted by atomic mass is 9.78. The first-order valence-electron chi connectivity index (χ1n) is 4.55. The summed E-state index contributed by atoms with van der Waals surface area (Å²) in [5, 5.41) is 0. The van der Waals surface area contributed by atoms with Crippen LogP contribution in [0.4, 0.5) is 0 Å². The Morgan fingerprint density at radius 3 is 2.75 bits per heavy atom. The van der Waals surface area contributed by atoms with Gasteiger partial charge in [-0.05, 0) is 12.8 Å². The van der Waals surface area contributed by atoms with Gasteiger partial charge >= 0.3 is 0 Å². The molecule has 12 heavy (non-hydrogen) atoms. The Morgan fingerprint density at radius 2 is 2.25 bits per heavy atom. The highest BCUT2D eigenvalue weighted by Crippen LogP contribution is 2.36. The second kappa shape index (κ2) is 2.73. The molecule has 0 unspecified atom stereocenters. The highest BCUT2D eigenvalue weighted by Gasteiger charge is 2.42. The third-order valence-corrected chi connectivity index (χ3v) is 2.92. The van der Waals surface area contributed by atoms with Crippen molar-refractivity contribution in [3.05, 3.63) is 0 Å². The summed E-state index contributed by atoms with van der Waals surface area (Å²) in [5.74, 6) is 0.209. The molecule has 0 saturated carbocycles. The molecule has 3 nitrogen and oxygen atoms in total. The normalized spacial score (nSPS) is 26.9. The Morgan fingerprint density at radius 1 is 1.50 bits per heavy atom. The van der Waals surface area contributed by atoms with Gasteiger partial charge in [0, 0.05) is 25.4 Å². The molecule has 2 saturated heterocycles. The van der Waals surface area contributed by atoms with Crippen LogP contribution in [0.25, 0.3) is 0 Å². The lowest BCUT2D eigenvalue weighted by Crippen LogP contribution is -2.55. The van der Waals surface area contributed by atoms with Crippen molar-refractivity contribution in [1.82, 2.24) is 4.90 Å². The predicted molar refractivity (Wildman–Crippen MR) is 44.7 cm³/mol. The van der Waals surface area contributed by atoms with Crippen LogP contribution in [0.5, 0.6) is 0 Å². The molecule has 0 aromatic carbocycles. The van der Waals surface area contributed by atoms with Gasteiger partial charge in [-0.25, -0.2) is 0 Å². The fraction of sp³-hybridized carbons (Fsp3) is 0.889. The second-order valence-corrected chi connectivity index (χ2v) is 4.04. The van der Waals surface area contributed by atoms with Gasteiger partial charge in [0.05, 0.1) is 13.2 Å². The summed E-state index contributed by atoms with van der Waals surface area (Å²) in [4.78, 5) is 13.1. The SMILES string of the molecule is CC(=O)N1CCCC2(COC2)C1. The van der Waals surface area contributed by atoms with Gasteiger partial charge in [-0.2, -0.15) is 0 Å². The summed E-state index contributed by atoms with van der Waals surface area (Å²) in [6, 6.07) is 0. The summed E-state index contributed by atoms with van der Waals surface area (Å²) in [6.07, 6.45) is 2.37. The lowest BCUT2D eigenvalue weighted by molar-refractivity contribution is -0.157. The summed E-state index contributed by atoms with van der Waals surface area (Å²) >= 11 is 0. The van der Waals surface area contributed by atoms with Crippen molar-refractivity contribution >= 4 is 5.91 Å². The Kier molecular flexibility index (Phi) is 1.83. The molecule has 2 aliphatic rings. The van der Waals surface area contributed by atoms with E-state index in [9.17, 15) is 4.79 Å². The lowest BCUT2D eigenvalue weighted by Gasteiger charge is -2.47. The molecule has 0 aromatic rings. The third kappa shape index (κ3) is 1.22. The number of carbonyl (C=O) groups is 1. The molecule has 2 heterocycles. The maximum absolute atomic E-state index is 11.1. The highest BCUT2D eigenvalue weighted by atomic mass is 16.5. The molecule has 1 amide bonds. The molecule has 2 aliphatic heterocycles. The van der Waals surface area contributed by atoms with Gasteiger partial charge in [-0.15, -0.1) is 0 Å². The zero-order chi connectivity index (χ0) is 8.60. The quantitative estimate of drug-likeness (QED) is 0.532. The largest absolute Gasteiger partial charge is 0.380 e. The molecule has 2 rings (SSSR count). The van der Waals surface area contributed by atoms with E-state index >= 15 is 0 Å². The molecule has 2 fully saturated rings.